The third-order valence-corrected chi connectivity index (χ3v) is 3.89. The zero-order chi connectivity index (χ0) is 17.9. The Labute approximate surface area is 150 Å². The molecule has 0 bridgehead atoms. The molecule has 1 amide bonds. The summed E-state index contributed by atoms with van der Waals surface area (Å²) in [7, 11) is 1.67. The minimum atomic E-state index is -0.0883. The maximum Gasteiger partial charge on any atom is 0.251 e. The third-order valence-electron chi connectivity index (χ3n) is 3.89. The summed E-state index contributed by atoms with van der Waals surface area (Å²) >= 11 is 0. The summed E-state index contributed by atoms with van der Waals surface area (Å²) in [5.74, 6) is 0.717. The summed E-state index contributed by atoms with van der Waals surface area (Å²) in [5, 5.41) is 2.94. The molecule has 4 nitrogen and oxygen atoms in total. The van der Waals surface area contributed by atoms with E-state index in [1.807, 2.05) is 36.4 Å². The lowest BCUT2D eigenvalue weighted by Crippen LogP contribution is -2.22. The standard InChI is InChI=1S/C21H27NO3/c1-3-4-5-13-25-20-11-9-19(10-12-20)21(23)22-15-17-7-6-8-18(14-17)16-24-2/h6-12,14H,3-5,13,15-16H2,1-2H3,(H,22,23). The van der Waals surface area contributed by atoms with Crippen molar-refractivity contribution in [3.63, 3.8) is 0 Å². The van der Waals surface area contributed by atoms with E-state index in [1.165, 1.54) is 12.8 Å². The fourth-order valence-electron chi connectivity index (χ4n) is 2.53. The molecule has 0 aliphatic rings. The van der Waals surface area contributed by atoms with E-state index in [0.29, 0.717) is 18.7 Å². The first-order valence-corrected chi connectivity index (χ1v) is 8.80. The Balaban J connectivity index is 1.83. The molecule has 134 valence electrons. The molecule has 0 saturated carbocycles. The van der Waals surface area contributed by atoms with Gasteiger partial charge in [0, 0.05) is 19.2 Å². The van der Waals surface area contributed by atoms with Crippen LogP contribution in [-0.4, -0.2) is 19.6 Å². The van der Waals surface area contributed by atoms with Crippen LogP contribution in [0.1, 0.15) is 47.7 Å². The van der Waals surface area contributed by atoms with Gasteiger partial charge in [-0.2, -0.15) is 0 Å². The van der Waals surface area contributed by atoms with Crippen LogP contribution in [0, 0.1) is 0 Å². The Hall–Kier alpha value is -2.33. The number of rotatable bonds is 10. The lowest BCUT2D eigenvalue weighted by Gasteiger charge is -2.09. The number of unbranched alkanes of at least 4 members (excludes halogenated alkanes) is 2. The number of ether oxygens (including phenoxy) is 2. The number of hydrogen-bond donors (Lipinski definition) is 1. The van der Waals surface area contributed by atoms with E-state index < -0.39 is 0 Å². The van der Waals surface area contributed by atoms with E-state index in [4.69, 9.17) is 9.47 Å². The zero-order valence-corrected chi connectivity index (χ0v) is 15.1. The van der Waals surface area contributed by atoms with Crippen molar-refractivity contribution >= 4 is 5.91 Å². The van der Waals surface area contributed by atoms with Gasteiger partial charge < -0.3 is 14.8 Å². The van der Waals surface area contributed by atoms with E-state index in [2.05, 4.69) is 12.2 Å². The van der Waals surface area contributed by atoms with E-state index in [9.17, 15) is 4.79 Å². The number of amides is 1. The molecule has 0 spiro atoms. The zero-order valence-electron chi connectivity index (χ0n) is 15.1. The van der Waals surface area contributed by atoms with Crippen LogP contribution in [0.5, 0.6) is 5.75 Å². The van der Waals surface area contributed by atoms with Gasteiger partial charge >= 0.3 is 0 Å². The molecule has 25 heavy (non-hydrogen) atoms. The normalized spacial score (nSPS) is 10.5. The summed E-state index contributed by atoms with van der Waals surface area (Å²) < 4.78 is 10.8. The first kappa shape index (κ1) is 19.0. The highest BCUT2D eigenvalue weighted by Crippen LogP contribution is 2.13. The monoisotopic (exact) mass is 341 g/mol. The average molecular weight is 341 g/mol. The van der Waals surface area contributed by atoms with Gasteiger partial charge in [-0.15, -0.1) is 0 Å². The largest absolute Gasteiger partial charge is 0.494 e. The van der Waals surface area contributed by atoms with Crippen molar-refractivity contribution < 1.29 is 14.3 Å². The van der Waals surface area contributed by atoms with Crippen LogP contribution in [0.4, 0.5) is 0 Å². The highest BCUT2D eigenvalue weighted by molar-refractivity contribution is 5.94. The number of hydrogen-bond acceptors (Lipinski definition) is 3. The summed E-state index contributed by atoms with van der Waals surface area (Å²) in [6, 6.07) is 15.3. The first-order valence-electron chi connectivity index (χ1n) is 8.80. The molecule has 2 aromatic carbocycles. The van der Waals surface area contributed by atoms with Gasteiger partial charge in [-0.25, -0.2) is 0 Å². The van der Waals surface area contributed by atoms with Crippen LogP contribution in [0.25, 0.3) is 0 Å². The van der Waals surface area contributed by atoms with Gasteiger partial charge in [0.25, 0.3) is 5.91 Å². The quantitative estimate of drug-likeness (QED) is 0.654. The smallest absolute Gasteiger partial charge is 0.251 e. The number of benzene rings is 2. The fourth-order valence-corrected chi connectivity index (χ4v) is 2.53. The van der Waals surface area contributed by atoms with Crippen molar-refractivity contribution in [2.45, 2.75) is 39.3 Å². The molecular formula is C21H27NO3. The summed E-state index contributed by atoms with van der Waals surface area (Å²) in [6.07, 6.45) is 3.41. The molecule has 2 aromatic rings. The molecule has 0 fully saturated rings. The van der Waals surface area contributed by atoms with Gasteiger partial charge in [0.1, 0.15) is 5.75 Å². The van der Waals surface area contributed by atoms with E-state index in [0.717, 1.165) is 29.9 Å². The number of carbonyl (C=O) groups excluding carboxylic acids is 1. The van der Waals surface area contributed by atoms with E-state index in [1.54, 1.807) is 19.2 Å². The van der Waals surface area contributed by atoms with Crippen molar-refractivity contribution in [2.24, 2.45) is 0 Å². The SMILES string of the molecule is CCCCCOc1ccc(C(=O)NCc2cccc(COC)c2)cc1. The van der Waals surface area contributed by atoms with E-state index in [-0.39, 0.29) is 5.91 Å². The minimum Gasteiger partial charge on any atom is -0.494 e. The van der Waals surface area contributed by atoms with Crippen LogP contribution in [0.2, 0.25) is 0 Å². The van der Waals surface area contributed by atoms with Crippen molar-refractivity contribution in [3.8, 4) is 5.75 Å². The lowest BCUT2D eigenvalue weighted by molar-refractivity contribution is 0.0951. The molecule has 2 rings (SSSR count). The molecule has 0 aliphatic heterocycles. The number of carbonyl (C=O) groups is 1. The summed E-state index contributed by atoms with van der Waals surface area (Å²) in [5.41, 5.74) is 2.78. The highest BCUT2D eigenvalue weighted by Gasteiger charge is 2.06. The van der Waals surface area contributed by atoms with Crippen LogP contribution in [0.3, 0.4) is 0 Å². The van der Waals surface area contributed by atoms with E-state index >= 15 is 0 Å². The third kappa shape index (κ3) is 6.59. The van der Waals surface area contributed by atoms with Crippen molar-refractivity contribution in [2.75, 3.05) is 13.7 Å². The Kier molecular flexibility index (Phi) is 7.99. The van der Waals surface area contributed by atoms with Crippen LogP contribution < -0.4 is 10.1 Å². The van der Waals surface area contributed by atoms with Gasteiger partial charge in [0.15, 0.2) is 0 Å². The van der Waals surface area contributed by atoms with Gasteiger partial charge in [-0.3, -0.25) is 4.79 Å². The maximum atomic E-state index is 12.3. The van der Waals surface area contributed by atoms with Crippen LogP contribution in [0.15, 0.2) is 48.5 Å². The molecule has 0 heterocycles. The lowest BCUT2D eigenvalue weighted by atomic mass is 10.1. The van der Waals surface area contributed by atoms with Gasteiger partial charge in [-0.1, -0.05) is 44.0 Å². The van der Waals surface area contributed by atoms with Gasteiger partial charge in [0.2, 0.25) is 0 Å². The summed E-state index contributed by atoms with van der Waals surface area (Å²) in [6.45, 7) is 3.95. The average Bonchev–Trinajstić information content (AvgIpc) is 2.64. The van der Waals surface area contributed by atoms with Crippen molar-refractivity contribution in [3.05, 3.63) is 65.2 Å². The molecule has 0 radical (unpaired) electrons. The second-order valence-electron chi connectivity index (χ2n) is 6.02. The van der Waals surface area contributed by atoms with Gasteiger partial charge in [0.05, 0.1) is 13.2 Å². The maximum absolute atomic E-state index is 12.3. The Bertz CT molecular complexity index is 652. The predicted molar refractivity (Wildman–Crippen MR) is 99.8 cm³/mol. The summed E-state index contributed by atoms with van der Waals surface area (Å²) in [4.78, 5) is 12.3. The highest BCUT2D eigenvalue weighted by atomic mass is 16.5. The number of nitrogens with one attached hydrogen (secondary N) is 1. The first-order chi connectivity index (χ1) is 12.2. The minimum absolute atomic E-state index is 0.0883. The van der Waals surface area contributed by atoms with Gasteiger partial charge in [-0.05, 0) is 41.8 Å². The molecular weight excluding hydrogens is 314 g/mol. The molecule has 0 unspecified atom stereocenters. The molecule has 0 atom stereocenters. The molecule has 0 aliphatic carbocycles. The molecule has 4 heteroatoms. The van der Waals surface area contributed by atoms with Crippen LogP contribution in [-0.2, 0) is 17.9 Å². The topological polar surface area (TPSA) is 47.6 Å². The second kappa shape index (κ2) is 10.5. The predicted octanol–water partition coefficient (Wildman–Crippen LogP) is 4.33. The second-order valence-corrected chi connectivity index (χ2v) is 6.02. The Morgan fingerprint density at radius 2 is 1.80 bits per heavy atom. The molecule has 0 aromatic heterocycles. The Morgan fingerprint density at radius 1 is 1.04 bits per heavy atom. The Morgan fingerprint density at radius 3 is 2.52 bits per heavy atom. The fraction of sp³-hybridized carbons (Fsp3) is 0.381. The molecule has 1 N–H and O–H groups in total. The van der Waals surface area contributed by atoms with Crippen molar-refractivity contribution in [1.82, 2.24) is 5.32 Å². The number of methoxy groups -OCH3 is 1. The molecule has 0 saturated heterocycles. The van der Waals surface area contributed by atoms with Crippen LogP contribution >= 0.6 is 0 Å². The van der Waals surface area contributed by atoms with Crippen molar-refractivity contribution in [1.29, 1.82) is 0 Å².